The minimum atomic E-state index is -0.861. The minimum absolute atomic E-state index is 0.0552. The topological polar surface area (TPSA) is 63.4 Å². The molecule has 0 fully saturated rings. The van der Waals surface area contributed by atoms with Gasteiger partial charge in [0.25, 0.3) is 0 Å². The van der Waals surface area contributed by atoms with Gasteiger partial charge < -0.3 is 5.11 Å². The Morgan fingerprint density at radius 3 is 1.90 bits per heavy atom. The predicted octanol–water partition coefficient (Wildman–Crippen LogP) is 0.668. The maximum Gasteiger partial charge on any atom is 0.236 e. The number of nitro groups is 1. The average molecular weight is 147 g/mol. The smallest absolute Gasteiger partial charge is 0.236 e. The van der Waals surface area contributed by atoms with Crippen molar-refractivity contribution in [1.82, 2.24) is 0 Å². The Balaban J connectivity index is 3.94. The first-order chi connectivity index (χ1) is 4.46. The second kappa shape index (κ2) is 3.51. The lowest BCUT2D eigenvalue weighted by molar-refractivity contribution is -0.531. The second-order valence-electron chi connectivity index (χ2n) is 2.76. The van der Waals surface area contributed by atoms with Gasteiger partial charge in [-0.3, -0.25) is 10.1 Å². The van der Waals surface area contributed by atoms with Crippen molar-refractivity contribution in [3.05, 3.63) is 10.1 Å². The normalized spacial score (nSPS) is 16.9. The average Bonchev–Trinajstić information content (AvgIpc) is 1.84. The lowest BCUT2D eigenvalue weighted by Gasteiger charge is -2.14. The molecular weight excluding hydrogens is 134 g/mol. The monoisotopic (exact) mass is 147 g/mol. The van der Waals surface area contributed by atoms with E-state index in [-0.39, 0.29) is 5.92 Å². The van der Waals surface area contributed by atoms with Crippen molar-refractivity contribution in [3.8, 4) is 0 Å². The van der Waals surface area contributed by atoms with E-state index in [1.165, 1.54) is 6.92 Å². The minimum Gasteiger partial charge on any atom is -0.386 e. The van der Waals surface area contributed by atoms with Crippen LogP contribution in [0, 0.1) is 16.0 Å². The lowest BCUT2D eigenvalue weighted by atomic mass is 10.0. The molecule has 0 spiro atoms. The molecule has 0 rings (SSSR count). The fraction of sp³-hybridized carbons (Fsp3) is 1.00. The number of nitrogens with zero attached hydrogens (tertiary/aromatic N) is 1. The first kappa shape index (κ1) is 9.36. The van der Waals surface area contributed by atoms with Gasteiger partial charge in [-0.2, -0.15) is 0 Å². The molecule has 4 nitrogen and oxygen atoms in total. The van der Waals surface area contributed by atoms with Crippen molar-refractivity contribution >= 4 is 0 Å². The van der Waals surface area contributed by atoms with E-state index in [4.69, 9.17) is 5.11 Å². The summed E-state index contributed by atoms with van der Waals surface area (Å²) >= 11 is 0. The molecule has 0 saturated heterocycles. The largest absolute Gasteiger partial charge is 0.386 e. The van der Waals surface area contributed by atoms with Crippen LogP contribution in [0.4, 0.5) is 0 Å². The molecule has 0 aliphatic heterocycles. The zero-order chi connectivity index (χ0) is 8.31. The Labute approximate surface area is 60.0 Å². The van der Waals surface area contributed by atoms with Crippen molar-refractivity contribution in [2.24, 2.45) is 5.92 Å². The van der Waals surface area contributed by atoms with Gasteiger partial charge in [0.2, 0.25) is 6.04 Å². The van der Waals surface area contributed by atoms with Gasteiger partial charge in [0.1, 0.15) is 6.10 Å². The Hall–Kier alpha value is -0.640. The highest BCUT2D eigenvalue weighted by Crippen LogP contribution is 2.07. The molecule has 0 aromatic rings. The van der Waals surface area contributed by atoms with Crippen LogP contribution in [0.15, 0.2) is 0 Å². The summed E-state index contributed by atoms with van der Waals surface area (Å²) in [6.07, 6.45) is -0.838. The third-order valence-corrected chi connectivity index (χ3v) is 1.51. The van der Waals surface area contributed by atoms with E-state index in [0.717, 1.165) is 0 Å². The molecule has 0 aliphatic carbocycles. The molecule has 2 atom stereocenters. The van der Waals surface area contributed by atoms with Gasteiger partial charge in [-0.15, -0.1) is 0 Å². The van der Waals surface area contributed by atoms with Crippen LogP contribution >= 0.6 is 0 Å². The fourth-order valence-electron chi connectivity index (χ4n) is 0.682. The van der Waals surface area contributed by atoms with Gasteiger partial charge in [-0.25, -0.2) is 0 Å². The van der Waals surface area contributed by atoms with Crippen molar-refractivity contribution in [2.75, 3.05) is 0 Å². The molecule has 0 amide bonds. The molecule has 0 bridgehead atoms. The molecule has 1 N–H and O–H groups in total. The van der Waals surface area contributed by atoms with Crippen LogP contribution in [0.2, 0.25) is 0 Å². The van der Waals surface area contributed by atoms with Crippen molar-refractivity contribution in [3.63, 3.8) is 0 Å². The molecular formula is C6H13NO3. The molecule has 0 radical (unpaired) electrons. The standard InChI is InChI=1S/C6H13NO3/c1-4(2)6(8)5(3)7(9)10/h4-6,8H,1-3H3/t5-,6+/m0/s1. The molecule has 0 aliphatic rings. The van der Waals surface area contributed by atoms with E-state index in [1.807, 2.05) is 0 Å². The Kier molecular flexibility index (Phi) is 3.28. The molecule has 60 valence electrons. The Morgan fingerprint density at radius 2 is 1.80 bits per heavy atom. The summed E-state index contributed by atoms with van der Waals surface area (Å²) < 4.78 is 0. The van der Waals surface area contributed by atoms with Crippen LogP contribution in [-0.2, 0) is 0 Å². The maximum atomic E-state index is 10.1. The maximum absolute atomic E-state index is 10.1. The van der Waals surface area contributed by atoms with Crippen molar-refractivity contribution in [2.45, 2.75) is 32.9 Å². The zero-order valence-corrected chi connectivity index (χ0v) is 6.44. The van der Waals surface area contributed by atoms with E-state index in [1.54, 1.807) is 13.8 Å². The fourth-order valence-corrected chi connectivity index (χ4v) is 0.682. The Bertz CT molecular complexity index is 124. The summed E-state index contributed by atoms with van der Waals surface area (Å²) in [6.45, 7) is 4.92. The first-order valence-electron chi connectivity index (χ1n) is 3.28. The van der Waals surface area contributed by atoms with Gasteiger partial charge in [-0.05, 0) is 5.92 Å². The van der Waals surface area contributed by atoms with Crippen LogP contribution in [0.1, 0.15) is 20.8 Å². The molecule has 0 aromatic carbocycles. The van der Waals surface area contributed by atoms with Crippen molar-refractivity contribution in [1.29, 1.82) is 0 Å². The number of rotatable bonds is 3. The Morgan fingerprint density at radius 1 is 1.40 bits per heavy atom. The van der Waals surface area contributed by atoms with Gasteiger partial charge in [-0.1, -0.05) is 13.8 Å². The highest BCUT2D eigenvalue weighted by molar-refractivity contribution is 4.65. The number of aliphatic hydroxyl groups excluding tert-OH is 1. The van der Waals surface area contributed by atoms with E-state index >= 15 is 0 Å². The van der Waals surface area contributed by atoms with E-state index < -0.39 is 17.1 Å². The van der Waals surface area contributed by atoms with Crippen LogP contribution in [-0.4, -0.2) is 22.2 Å². The SMILES string of the molecule is CC(C)[C@@H](O)[C@H](C)[N+](=O)[O-]. The lowest BCUT2D eigenvalue weighted by Crippen LogP contribution is -2.34. The molecule has 4 heteroatoms. The summed E-state index contributed by atoms with van der Waals surface area (Å²) in [6, 6.07) is -0.861. The van der Waals surface area contributed by atoms with Gasteiger partial charge in [0.05, 0.1) is 0 Å². The molecule has 0 aromatic heterocycles. The zero-order valence-electron chi connectivity index (χ0n) is 6.44. The van der Waals surface area contributed by atoms with E-state index in [2.05, 4.69) is 0 Å². The highest BCUT2D eigenvalue weighted by atomic mass is 16.6. The quantitative estimate of drug-likeness (QED) is 0.471. The molecule has 10 heavy (non-hydrogen) atoms. The summed E-state index contributed by atoms with van der Waals surface area (Å²) in [7, 11) is 0. The van der Waals surface area contributed by atoms with E-state index in [0.29, 0.717) is 0 Å². The van der Waals surface area contributed by atoms with Gasteiger partial charge >= 0.3 is 0 Å². The number of hydrogen-bond donors (Lipinski definition) is 1. The second-order valence-corrected chi connectivity index (χ2v) is 2.76. The van der Waals surface area contributed by atoms with Crippen LogP contribution in [0.3, 0.4) is 0 Å². The molecule has 0 heterocycles. The first-order valence-corrected chi connectivity index (χ1v) is 3.28. The van der Waals surface area contributed by atoms with Crippen molar-refractivity contribution < 1.29 is 10.0 Å². The molecule has 0 unspecified atom stereocenters. The number of aliphatic hydroxyl groups is 1. The number of hydrogen-bond acceptors (Lipinski definition) is 3. The summed E-state index contributed by atoms with van der Waals surface area (Å²) in [5, 5.41) is 19.2. The molecule has 0 saturated carbocycles. The summed E-state index contributed by atoms with van der Waals surface area (Å²) in [5.41, 5.74) is 0. The third kappa shape index (κ3) is 2.31. The van der Waals surface area contributed by atoms with Crippen LogP contribution < -0.4 is 0 Å². The van der Waals surface area contributed by atoms with Gasteiger partial charge in [0.15, 0.2) is 0 Å². The van der Waals surface area contributed by atoms with Crippen LogP contribution in [0.25, 0.3) is 0 Å². The van der Waals surface area contributed by atoms with E-state index in [9.17, 15) is 10.1 Å². The van der Waals surface area contributed by atoms with Gasteiger partial charge in [0, 0.05) is 11.8 Å². The summed E-state index contributed by atoms with van der Waals surface area (Å²) in [4.78, 5) is 9.62. The summed E-state index contributed by atoms with van der Waals surface area (Å²) in [5.74, 6) is -0.0552. The third-order valence-electron chi connectivity index (χ3n) is 1.51. The predicted molar refractivity (Wildman–Crippen MR) is 37.3 cm³/mol. The highest BCUT2D eigenvalue weighted by Gasteiger charge is 2.26. The van der Waals surface area contributed by atoms with Crippen LogP contribution in [0.5, 0.6) is 0 Å².